The fraction of sp³-hybridized carbons (Fsp3) is 0. The van der Waals surface area contributed by atoms with Crippen molar-refractivity contribution in [2.45, 2.75) is 4.90 Å². The van der Waals surface area contributed by atoms with Gasteiger partial charge in [0.15, 0.2) is 0 Å². The summed E-state index contributed by atoms with van der Waals surface area (Å²) in [6.07, 6.45) is 0. The van der Waals surface area contributed by atoms with Crippen molar-refractivity contribution >= 4 is 10.1 Å². The molecule has 94 valence electrons. The van der Waals surface area contributed by atoms with E-state index in [-0.39, 0.29) is 10.6 Å². The monoisotopic (exact) mass is 270 g/mol. The second-order valence-electron chi connectivity index (χ2n) is 3.45. The van der Waals surface area contributed by atoms with Gasteiger partial charge in [-0.3, -0.25) is 0 Å². The highest BCUT2D eigenvalue weighted by Gasteiger charge is 2.17. The van der Waals surface area contributed by atoms with Gasteiger partial charge in [-0.05, 0) is 30.3 Å². The molecule has 0 atom stereocenters. The molecule has 0 radical (unpaired) electrons. The summed E-state index contributed by atoms with van der Waals surface area (Å²) < 4.78 is 54.0. The summed E-state index contributed by atoms with van der Waals surface area (Å²) in [5, 5.41) is 0. The second-order valence-corrected chi connectivity index (χ2v) is 5.00. The molecule has 0 N–H and O–H groups in total. The molecule has 2 aromatic carbocycles. The average molecular weight is 270 g/mol. The predicted octanol–water partition coefficient (Wildman–Crippen LogP) is 2.73. The Balaban J connectivity index is 2.33. The highest BCUT2D eigenvalue weighted by Crippen LogP contribution is 2.19. The number of halogens is 2. The first kappa shape index (κ1) is 12.5. The molecule has 0 amide bonds. The first-order chi connectivity index (χ1) is 8.47. The summed E-state index contributed by atoms with van der Waals surface area (Å²) in [4.78, 5) is -0.327. The molecule has 0 bridgehead atoms. The van der Waals surface area contributed by atoms with Gasteiger partial charge in [0.25, 0.3) is 0 Å². The Bertz CT molecular complexity index is 669. The molecule has 0 fully saturated rings. The summed E-state index contributed by atoms with van der Waals surface area (Å²) in [5.41, 5.74) is 0. The van der Waals surface area contributed by atoms with E-state index in [0.717, 1.165) is 24.3 Å². The van der Waals surface area contributed by atoms with Gasteiger partial charge in [0.2, 0.25) is 0 Å². The zero-order chi connectivity index (χ0) is 13.2. The molecule has 0 saturated heterocycles. The van der Waals surface area contributed by atoms with Gasteiger partial charge < -0.3 is 4.18 Å². The van der Waals surface area contributed by atoms with E-state index in [1.165, 1.54) is 24.3 Å². The van der Waals surface area contributed by atoms with Gasteiger partial charge in [0.05, 0.1) is 0 Å². The molecule has 6 heteroatoms. The maximum Gasteiger partial charge on any atom is 0.339 e. The summed E-state index contributed by atoms with van der Waals surface area (Å²) in [5.74, 6) is -1.49. The smallest absolute Gasteiger partial charge is 0.339 e. The van der Waals surface area contributed by atoms with Crippen LogP contribution in [0.25, 0.3) is 0 Å². The van der Waals surface area contributed by atoms with Gasteiger partial charge in [-0.15, -0.1) is 0 Å². The van der Waals surface area contributed by atoms with Crippen LogP contribution in [0.1, 0.15) is 0 Å². The number of hydrogen-bond donors (Lipinski definition) is 0. The van der Waals surface area contributed by atoms with Gasteiger partial charge in [0, 0.05) is 6.07 Å². The Labute approximate surface area is 103 Å². The van der Waals surface area contributed by atoms with Crippen molar-refractivity contribution < 1.29 is 21.4 Å². The van der Waals surface area contributed by atoms with Crippen LogP contribution in [0.5, 0.6) is 5.75 Å². The Morgan fingerprint density at radius 2 is 1.50 bits per heavy atom. The number of hydrogen-bond acceptors (Lipinski definition) is 3. The lowest BCUT2D eigenvalue weighted by molar-refractivity contribution is 0.482. The molecule has 0 spiro atoms. The molecule has 0 unspecified atom stereocenters. The van der Waals surface area contributed by atoms with Gasteiger partial charge in [-0.1, -0.05) is 12.1 Å². The summed E-state index contributed by atoms with van der Waals surface area (Å²) >= 11 is 0. The Morgan fingerprint density at radius 3 is 2.11 bits per heavy atom. The minimum atomic E-state index is -4.16. The van der Waals surface area contributed by atoms with Crippen molar-refractivity contribution in [1.29, 1.82) is 0 Å². The third kappa shape index (κ3) is 2.84. The van der Waals surface area contributed by atoms with Crippen molar-refractivity contribution in [1.82, 2.24) is 0 Å². The molecule has 2 aromatic rings. The molecule has 2 rings (SSSR count). The third-order valence-electron chi connectivity index (χ3n) is 2.09. The van der Waals surface area contributed by atoms with E-state index in [9.17, 15) is 17.2 Å². The fourth-order valence-electron chi connectivity index (χ4n) is 1.32. The molecular formula is C12H8F2O3S. The van der Waals surface area contributed by atoms with E-state index < -0.39 is 21.8 Å². The van der Waals surface area contributed by atoms with Gasteiger partial charge >= 0.3 is 10.1 Å². The predicted molar refractivity (Wildman–Crippen MR) is 60.6 cm³/mol. The number of benzene rings is 2. The van der Waals surface area contributed by atoms with Crippen LogP contribution in [0.2, 0.25) is 0 Å². The van der Waals surface area contributed by atoms with Gasteiger partial charge in [0.1, 0.15) is 22.3 Å². The number of rotatable bonds is 3. The van der Waals surface area contributed by atoms with E-state index in [4.69, 9.17) is 0 Å². The molecule has 18 heavy (non-hydrogen) atoms. The molecule has 0 aliphatic rings. The molecule has 0 aliphatic heterocycles. The van der Waals surface area contributed by atoms with Crippen molar-refractivity contribution in [2.24, 2.45) is 0 Å². The Kier molecular flexibility index (Phi) is 3.29. The van der Waals surface area contributed by atoms with Crippen molar-refractivity contribution in [3.63, 3.8) is 0 Å². The summed E-state index contributed by atoms with van der Waals surface area (Å²) in [7, 11) is -4.16. The van der Waals surface area contributed by atoms with Crippen molar-refractivity contribution in [3.8, 4) is 5.75 Å². The van der Waals surface area contributed by atoms with Crippen LogP contribution >= 0.6 is 0 Å². The largest absolute Gasteiger partial charge is 0.379 e. The molecule has 0 aromatic heterocycles. The van der Waals surface area contributed by atoms with E-state index in [2.05, 4.69) is 4.18 Å². The van der Waals surface area contributed by atoms with E-state index in [0.29, 0.717) is 0 Å². The van der Waals surface area contributed by atoms with Crippen LogP contribution in [0, 0.1) is 11.6 Å². The molecule has 0 saturated carbocycles. The summed E-state index contributed by atoms with van der Waals surface area (Å²) in [6, 6.07) is 9.06. The fourth-order valence-corrected chi connectivity index (χ4v) is 2.27. The first-order valence-corrected chi connectivity index (χ1v) is 6.34. The van der Waals surface area contributed by atoms with E-state index in [1.807, 2.05) is 0 Å². The van der Waals surface area contributed by atoms with Crippen molar-refractivity contribution in [3.05, 3.63) is 60.2 Å². The SMILES string of the molecule is O=S(=O)(Oc1cccc(F)c1)c1cccc(F)c1. The zero-order valence-electron chi connectivity index (χ0n) is 9.01. The average Bonchev–Trinajstić information content (AvgIpc) is 2.28. The van der Waals surface area contributed by atoms with Crippen molar-refractivity contribution in [2.75, 3.05) is 0 Å². The quantitative estimate of drug-likeness (QED) is 0.805. The van der Waals surface area contributed by atoms with Crippen LogP contribution in [0.3, 0.4) is 0 Å². The lowest BCUT2D eigenvalue weighted by atomic mass is 10.3. The highest BCUT2D eigenvalue weighted by molar-refractivity contribution is 7.87. The third-order valence-corrected chi connectivity index (χ3v) is 3.33. The molecule has 0 aliphatic carbocycles. The van der Waals surface area contributed by atoms with Gasteiger partial charge in [-0.25, -0.2) is 8.78 Å². The van der Waals surface area contributed by atoms with Gasteiger partial charge in [-0.2, -0.15) is 8.42 Å². The van der Waals surface area contributed by atoms with Crippen LogP contribution in [0.4, 0.5) is 8.78 Å². The minimum Gasteiger partial charge on any atom is -0.379 e. The second kappa shape index (κ2) is 4.73. The van der Waals surface area contributed by atoms with Crippen LogP contribution in [-0.4, -0.2) is 8.42 Å². The van der Waals surface area contributed by atoms with E-state index >= 15 is 0 Å². The lowest BCUT2D eigenvalue weighted by Gasteiger charge is -2.06. The minimum absolute atomic E-state index is 0.167. The van der Waals surface area contributed by atoms with Crippen LogP contribution < -0.4 is 4.18 Å². The first-order valence-electron chi connectivity index (χ1n) is 4.93. The maximum atomic E-state index is 12.9. The Morgan fingerprint density at radius 1 is 0.889 bits per heavy atom. The normalized spacial score (nSPS) is 11.2. The summed E-state index contributed by atoms with van der Waals surface area (Å²) in [6.45, 7) is 0. The Hall–Kier alpha value is -1.95. The molecule has 0 heterocycles. The van der Waals surface area contributed by atoms with Crippen LogP contribution in [0.15, 0.2) is 53.4 Å². The van der Waals surface area contributed by atoms with E-state index in [1.54, 1.807) is 0 Å². The van der Waals surface area contributed by atoms with Crippen LogP contribution in [-0.2, 0) is 10.1 Å². The topological polar surface area (TPSA) is 43.4 Å². The highest BCUT2D eigenvalue weighted by atomic mass is 32.2. The lowest BCUT2D eigenvalue weighted by Crippen LogP contribution is -2.10. The zero-order valence-corrected chi connectivity index (χ0v) is 9.82. The maximum absolute atomic E-state index is 12.9. The molecular weight excluding hydrogens is 262 g/mol. The standard InChI is InChI=1S/C12H8F2O3S/c13-9-3-1-5-11(7-9)17-18(15,16)12-6-2-4-10(14)8-12/h1-8H. The molecule has 3 nitrogen and oxygen atoms in total.